The summed E-state index contributed by atoms with van der Waals surface area (Å²) in [5.74, 6) is -3.43. The normalized spacial score (nSPS) is 12.4. The summed E-state index contributed by atoms with van der Waals surface area (Å²) < 4.78 is 47.0. The lowest BCUT2D eigenvalue weighted by atomic mass is 9.90. The number of benzene rings is 2. The largest absolute Gasteiger partial charge is 0.494 e. The number of furan rings is 1. The van der Waals surface area contributed by atoms with Crippen LogP contribution in [0.15, 0.2) is 65.1 Å². The first-order chi connectivity index (χ1) is 28.3. The standard InChI is InChI=1S/C42H58N3O13P/c1-8-11-13-18-35(36(9-2)45(26-46)55-24-31-16-14-12-15-17-31)39(47)43-25-44-40(48)38-20-19-37(58-38)32-21-33(52-10-3)23-34(22-32)59(51,56-27-53-41(49)29(4)5)57-28-54-42(50)30(6)7/h12,14-17,19-23,26,29-30,35-36H,8-11,13,18,24-25,27-28H2,1-7H3,(H,43,47)(H,44,48). The van der Waals surface area contributed by atoms with Gasteiger partial charge in [0, 0.05) is 5.56 Å². The van der Waals surface area contributed by atoms with Crippen molar-refractivity contribution in [3.8, 4) is 17.1 Å². The highest BCUT2D eigenvalue weighted by Gasteiger charge is 2.33. The van der Waals surface area contributed by atoms with E-state index in [9.17, 15) is 28.5 Å². The molecule has 0 spiro atoms. The number of hydrogen-bond acceptors (Lipinski definition) is 13. The Bertz CT molecular complexity index is 1820. The fourth-order valence-electron chi connectivity index (χ4n) is 5.69. The van der Waals surface area contributed by atoms with Gasteiger partial charge in [0.2, 0.25) is 25.9 Å². The van der Waals surface area contributed by atoms with Crippen LogP contribution in [0.1, 0.15) is 96.7 Å². The van der Waals surface area contributed by atoms with E-state index in [4.69, 9.17) is 32.5 Å². The summed E-state index contributed by atoms with van der Waals surface area (Å²) in [6, 6.07) is 16.2. The van der Waals surface area contributed by atoms with Gasteiger partial charge in [-0.15, -0.1) is 0 Å². The molecule has 59 heavy (non-hydrogen) atoms. The minimum Gasteiger partial charge on any atom is -0.494 e. The van der Waals surface area contributed by atoms with E-state index < -0.39 is 62.8 Å². The summed E-state index contributed by atoms with van der Waals surface area (Å²) in [6.07, 6.45) is 4.15. The van der Waals surface area contributed by atoms with Gasteiger partial charge in [0.05, 0.1) is 42.4 Å². The highest BCUT2D eigenvalue weighted by Crippen LogP contribution is 2.48. The number of carbonyl (C=O) groups excluding carboxylic acids is 5. The third kappa shape index (κ3) is 15.3. The van der Waals surface area contributed by atoms with Crippen LogP contribution in [0, 0.1) is 17.8 Å². The molecule has 3 aromatic rings. The number of esters is 2. The zero-order valence-electron chi connectivity index (χ0n) is 34.9. The predicted molar refractivity (Wildman–Crippen MR) is 218 cm³/mol. The van der Waals surface area contributed by atoms with E-state index >= 15 is 0 Å². The number of hydrogen-bond donors (Lipinski definition) is 2. The number of unbranched alkanes of at least 4 members (excludes halogenated alkanes) is 2. The van der Waals surface area contributed by atoms with Gasteiger partial charge in [0.15, 0.2) is 5.76 Å². The molecule has 0 saturated carbocycles. The average molecular weight is 844 g/mol. The van der Waals surface area contributed by atoms with Gasteiger partial charge in [0.25, 0.3) is 5.91 Å². The van der Waals surface area contributed by atoms with Crippen LogP contribution in [0.25, 0.3) is 11.3 Å². The molecule has 0 aliphatic rings. The third-order valence-electron chi connectivity index (χ3n) is 8.93. The number of amides is 3. The van der Waals surface area contributed by atoms with Gasteiger partial charge < -0.3 is 29.3 Å². The van der Waals surface area contributed by atoms with Crippen molar-refractivity contribution in [3.63, 3.8) is 0 Å². The highest BCUT2D eigenvalue weighted by atomic mass is 31.2. The average Bonchev–Trinajstić information content (AvgIpc) is 3.72. The molecule has 3 rings (SSSR count). The molecule has 324 valence electrons. The zero-order valence-corrected chi connectivity index (χ0v) is 35.8. The zero-order chi connectivity index (χ0) is 43.4. The minimum absolute atomic E-state index is 0.0396. The monoisotopic (exact) mass is 843 g/mol. The molecular weight excluding hydrogens is 785 g/mol. The Morgan fingerprint density at radius 1 is 0.847 bits per heavy atom. The summed E-state index contributed by atoms with van der Waals surface area (Å²) in [7, 11) is -4.36. The Kier molecular flexibility index (Phi) is 20.3. The van der Waals surface area contributed by atoms with E-state index in [0.29, 0.717) is 24.8 Å². The van der Waals surface area contributed by atoms with Crippen LogP contribution in [0.4, 0.5) is 0 Å². The van der Waals surface area contributed by atoms with Crippen LogP contribution in [0.2, 0.25) is 0 Å². The van der Waals surface area contributed by atoms with Gasteiger partial charge in [-0.25, -0.2) is 5.06 Å². The maximum absolute atomic E-state index is 14.2. The number of ether oxygens (including phenoxy) is 3. The van der Waals surface area contributed by atoms with Crippen LogP contribution in [-0.4, -0.2) is 68.1 Å². The third-order valence-corrected chi connectivity index (χ3v) is 10.7. The maximum Gasteiger partial charge on any atom is 0.367 e. The van der Waals surface area contributed by atoms with Crippen molar-refractivity contribution >= 4 is 43.1 Å². The van der Waals surface area contributed by atoms with Crippen LogP contribution in [-0.2, 0) is 53.7 Å². The number of rotatable bonds is 27. The summed E-state index contributed by atoms with van der Waals surface area (Å²) >= 11 is 0. The van der Waals surface area contributed by atoms with E-state index in [2.05, 4.69) is 17.6 Å². The number of carbonyl (C=O) groups is 5. The summed E-state index contributed by atoms with van der Waals surface area (Å²) in [4.78, 5) is 69.0. The van der Waals surface area contributed by atoms with Gasteiger partial charge in [-0.3, -0.25) is 42.4 Å². The molecule has 0 fully saturated rings. The van der Waals surface area contributed by atoms with Crippen molar-refractivity contribution in [2.45, 2.75) is 93.2 Å². The van der Waals surface area contributed by atoms with Crippen molar-refractivity contribution in [1.82, 2.24) is 15.7 Å². The molecule has 0 aliphatic heterocycles. The van der Waals surface area contributed by atoms with Crippen molar-refractivity contribution < 1.29 is 61.1 Å². The second kappa shape index (κ2) is 24.8. The van der Waals surface area contributed by atoms with E-state index in [0.717, 1.165) is 24.8 Å². The van der Waals surface area contributed by atoms with E-state index in [1.54, 1.807) is 40.7 Å². The number of nitrogens with one attached hydrogen (secondary N) is 2. The molecule has 17 heteroatoms. The molecule has 16 nitrogen and oxygen atoms in total. The second-order valence-corrected chi connectivity index (χ2v) is 16.1. The van der Waals surface area contributed by atoms with Crippen LogP contribution in [0.5, 0.6) is 5.75 Å². The Hall–Kier alpha value is -5.02. The molecule has 0 saturated heterocycles. The van der Waals surface area contributed by atoms with Crippen molar-refractivity contribution in [2.24, 2.45) is 17.8 Å². The molecule has 0 radical (unpaired) electrons. The van der Waals surface area contributed by atoms with Gasteiger partial charge in [0.1, 0.15) is 18.1 Å². The Morgan fingerprint density at radius 3 is 2.08 bits per heavy atom. The quantitative estimate of drug-likeness (QED) is 0.0201. The Morgan fingerprint density at radius 2 is 1.51 bits per heavy atom. The van der Waals surface area contributed by atoms with E-state index in [1.807, 2.05) is 37.3 Å². The molecule has 2 atom stereocenters. The molecule has 0 aliphatic carbocycles. The predicted octanol–water partition coefficient (Wildman–Crippen LogP) is 6.88. The Labute approximate surface area is 346 Å². The smallest absolute Gasteiger partial charge is 0.367 e. The molecule has 3 amide bonds. The number of hydroxylamine groups is 2. The first kappa shape index (κ1) is 48.3. The number of nitrogens with zero attached hydrogens (tertiary/aromatic N) is 1. The van der Waals surface area contributed by atoms with Gasteiger partial charge >= 0.3 is 19.5 Å². The van der Waals surface area contributed by atoms with Crippen molar-refractivity contribution in [2.75, 3.05) is 26.9 Å². The lowest BCUT2D eigenvalue weighted by molar-refractivity contribution is -0.200. The Balaban J connectivity index is 1.77. The fourth-order valence-corrected chi connectivity index (χ4v) is 7.03. The molecular formula is C42H58N3O13P. The van der Waals surface area contributed by atoms with Gasteiger partial charge in [-0.2, -0.15) is 0 Å². The van der Waals surface area contributed by atoms with Crippen LogP contribution in [0.3, 0.4) is 0 Å². The van der Waals surface area contributed by atoms with Crippen molar-refractivity contribution in [1.29, 1.82) is 0 Å². The van der Waals surface area contributed by atoms with Crippen molar-refractivity contribution in [3.05, 3.63) is 72.0 Å². The topological polar surface area (TPSA) is 198 Å². The molecule has 1 aromatic heterocycles. The second-order valence-electron chi connectivity index (χ2n) is 14.1. The van der Waals surface area contributed by atoms with Gasteiger partial charge in [-0.05, 0) is 55.7 Å². The lowest BCUT2D eigenvalue weighted by Crippen LogP contribution is -2.48. The molecule has 2 unspecified atom stereocenters. The first-order valence-corrected chi connectivity index (χ1v) is 21.4. The van der Waals surface area contributed by atoms with E-state index in [1.165, 1.54) is 29.3 Å². The summed E-state index contributed by atoms with van der Waals surface area (Å²) in [5.41, 5.74) is 1.19. The fraction of sp³-hybridized carbons (Fsp3) is 0.500. The molecule has 2 aromatic carbocycles. The highest BCUT2D eigenvalue weighted by molar-refractivity contribution is 7.62. The molecule has 1 heterocycles. The minimum atomic E-state index is -4.36. The van der Waals surface area contributed by atoms with Crippen LogP contribution >= 0.6 is 7.60 Å². The first-order valence-electron chi connectivity index (χ1n) is 19.8. The maximum atomic E-state index is 14.2. The van der Waals surface area contributed by atoms with Crippen LogP contribution < -0.4 is 20.7 Å². The lowest BCUT2D eigenvalue weighted by Gasteiger charge is -2.32. The summed E-state index contributed by atoms with van der Waals surface area (Å²) in [6.45, 7) is 10.9. The molecule has 0 bridgehead atoms. The summed E-state index contributed by atoms with van der Waals surface area (Å²) in [5, 5.41) is 6.58. The van der Waals surface area contributed by atoms with E-state index in [-0.39, 0.29) is 48.4 Å². The SMILES string of the molecule is CCCCCC(C(=O)NCNC(=O)c1ccc(-c2cc(OCC)cc(P(=O)(OCOC(=O)C(C)C)OCOC(=O)C(C)C)c2)o1)C(CC)N(C=O)OCc1ccccc1. The molecule has 2 N–H and O–H groups in total. The van der Waals surface area contributed by atoms with Gasteiger partial charge in [-0.1, -0.05) is 91.1 Å².